The second kappa shape index (κ2) is 6.58. The Bertz CT molecular complexity index is 398. The molecule has 0 saturated heterocycles. The predicted molar refractivity (Wildman–Crippen MR) is 67.6 cm³/mol. The highest BCUT2D eigenvalue weighted by Crippen LogP contribution is 2.22. The average Bonchev–Trinajstić information content (AvgIpc) is 2.35. The molecule has 0 spiro atoms. The number of hydrogen-bond acceptors (Lipinski definition) is 4. The first kappa shape index (κ1) is 14.0. The van der Waals surface area contributed by atoms with Gasteiger partial charge in [0.1, 0.15) is 11.9 Å². The van der Waals surface area contributed by atoms with E-state index in [4.69, 9.17) is 10.5 Å². The van der Waals surface area contributed by atoms with E-state index in [1.54, 1.807) is 13.2 Å². The number of rotatable bonds is 5. The monoisotopic (exact) mass is 302 g/mol. The number of carbonyl (C=O) groups is 1. The van der Waals surface area contributed by atoms with Crippen LogP contribution >= 0.6 is 15.9 Å². The van der Waals surface area contributed by atoms with Crippen molar-refractivity contribution in [2.75, 3.05) is 13.7 Å². The van der Waals surface area contributed by atoms with E-state index in [-0.39, 0.29) is 13.1 Å². The topological polar surface area (TPSA) is 84.6 Å². The van der Waals surface area contributed by atoms with Gasteiger partial charge in [0.2, 0.25) is 5.91 Å². The Kier molecular flexibility index (Phi) is 5.40. The molecule has 5 nitrogen and oxygen atoms in total. The molecule has 0 saturated carbocycles. The molecule has 0 heterocycles. The summed E-state index contributed by atoms with van der Waals surface area (Å²) >= 11 is 3.34. The highest BCUT2D eigenvalue weighted by molar-refractivity contribution is 9.10. The largest absolute Gasteiger partial charge is 0.496 e. The lowest BCUT2D eigenvalue weighted by Crippen LogP contribution is -2.38. The third kappa shape index (κ3) is 3.99. The normalized spacial score (nSPS) is 12.0. The van der Waals surface area contributed by atoms with Gasteiger partial charge in [0.25, 0.3) is 0 Å². The van der Waals surface area contributed by atoms with Crippen molar-refractivity contribution in [3.05, 3.63) is 28.2 Å². The van der Waals surface area contributed by atoms with Crippen LogP contribution in [0.15, 0.2) is 22.7 Å². The van der Waals surface area contributed by atoms with Gasteiger partial charge in [-0.25, -0.2) is 0 Å². The van der Waals surface area contributed by atoms with Crippen LogP contribution in [0, 0.1) is 0 Å². The van der Waals surface area contributed by atoms with Crippen LogP contribution in [-0.4, -0.2) is 30.8 Å². The number of hydrogen-bond donors (Lipinski definition) is 3. The molecule has 0 aliphatic carbocycles. The van der Waals surface area contributed by atoms with E-state index >= 15 is 0 Å². The maximum atomic E-state index is 11.3. The molecule has 6 heteroatoms. The highest BCUT2D eigenvalue weighted by Gasteiger charge is 2.13. The van der Waals surface area contributed by atoms with Crippen LogP contribution in [0.4, 0.5) is 0 Å². The molecule has 0 aliphatic heterocycles. The Labute approximate surface area is 108 Å². The van der Waals surface area contributed by atoms with Crippen molar-refractivity contribution in [1.82, 2.24) is 5.32 Å². The van der Waals surface area contributed by atoms with Gasteiger partial charge >= 0.3 is 0 Å². The smallest absolute Gasteiger partial charge is 0.250 e. The summed E-state index contributed by atoms with van der Waals surface area (Å²) in [6.07, 6.45) is -1.17. The number of amides is 1. The van der Waals surface area contributed by atoms with Gasteiger partial charge in [0.15, 0.2) is 0 Å². The van der Waals surface area contributed by atoms with Crippen LogP contribution in [0.2, 0.25) is 0 Å². The van der Waals surface area contributed by atoms with E-state index in [2.05, 4.69) is 21.2 Å². The Morgan fingerprint density at radius 2 is 2.35 bits per heavy atom. The van der Waals surface area contributed by atoms with E-state index in [0.717, 1.165) is 10.0 Å². The predicted octanol–water partition coefficient (Wildman–Crippen LogP) is 0.393. The molecule has 1 rings (SSSR count). The van der Waals surface area contributed by atoms with Crippen LogP contribution in [0.3, 0.4) is 0 Å². The molecule has 0 aromatic heterocycles. The number of nitrogens with one attached hydrogen (secondary N) is 1. The maximum absolute atomic E-state index is 11.3. The van der Waals surface area contributed by atoms with E-state index in [9.17, 15) is 9.90 Å². The number of nitrogens with two attached hydrogens (primary N) is 1. The SMILES string of the molecule is COc1ccc(Br)cc1CNC(=O)C(O)CN. The minimum absolute atomic E-state index is 0.0958. The number of ether oxygens (including phenoxy) is 1. The quantitative estimate of drug-likeness (QED) is 0.735. The maximum Gasteiger partial charge on any atom is 0.250 e. The number of halogens is 1. The summed E-state index contributed by atoms with van der Waals surface area (Å²) in [5, 5.41) is 11.8. The summed E-state index contributed by atoms with van der Waals surface area (Å²) in [7, 11) is 1.56. The lowest BCUT2D eigenvalue weighted by molar-refractivity contribution is -0.128. The first-order valence-corrected chi connectivity index (χ1v) is 5.86. The standard InChI is InChI=1S/C11H15BrN2O3/c1-17-10-3-2-8(12)4-7(10)6-14-11(16)9(15)5-13/h2-4,9,15H,5-6,13H2,1H3,(H,14,16). The van der Waals surface area contributed by atoms with Gasteiger partial charge in [0.05, 0.1) is 7.11 Å². The summed E-state index contributed by atoms with van der Waals surface area (Å²) in [5.41, 5.74) is 6.00. The Hall–Kier alpha value is -1.11. The van der Waals surface area contributed by atoms with Crippen molar-refractivity contribution < 1.29 is 14.6 Å². The molecule has 1 aromatic rings. The zero-order chi connectivity index (χ0) is 12.8. The molecule has 0 aliphatic rings. The van der Waals surface area contributed by atoms with Crippen molar-refractivity contribution >= 4 is 21.8 Å². The number of benzene rings is 1. The lowest BCUT2D eigenvalue weighted by atomic mass is 10.2. The zero-order valence-electron chi connectivity index (χ0n) is 9.44. The van der Waals surface area contributed by atoms with Crippen molar-refractivity contribution in [1.29, 1.82) is 0 Å². The first-order valence-electron chi connectivity index (χ1n) is 5.06. The fourth-order valence-electron chi connectivity index (χ4n) is 1.29. The number of methoxy groups -OCH3 is 1. The summed E-state index contributed by atoms with van der Waals surface area (Å²) in [5.74, 6) is 0.185. The fourth-order valence-corrected chi connectivity index (χ4v) is 1.70. The van der Waals surface area contributed by atoms with Crippen molar-refractivity contribution in [3.63, 3.8) is 0 Å². The average molecular weight is 303 g/mol. The van der Waals surface area contributed by atoms with Gasteiger partial charge < -0.3 is 20.9 Å². The fraction of sp³-hybridized carbons (Fsp3) is 0.364. The first-order chi connectivity index (χ1) is 8.08. The molecular weight excluding hydrogens is 288 g/mol. The molecule has 4 N–H and O–H groups in total. The Morgan fingerprint density at radius 3 is 2.94 bits per heavy atom. The molecule has 1 amide bonds. The Morgan fingerprint density at radius 1 is 1.65 bits per heavy atom. The number of carbonyl (C=O) groups excluding carboxylic acids is 1. The van der Waals surface area contributed by atoms with Gasteiger partial charge in [-0.1, -0.05) is 15.9 Å². The molecule has 0 bridgehead atoms. The zero-order valence-corrected chi connectivity index (χ0v) is 11.0. The molecule has 1 atom stereocenters. The lowest BCUT2D eigenvalue weighted by Gasteiger charge is -2.12. The van der Waals surface area contributed by atoms with Gasteiger partial charge in [-0.3, -0.25) is 4.79 Å². The number of aliphatic hydroxyl groups is 1. The van der Waals surface area contributed by atoms with Gasteiger partial charge in [-0.15, -0.1) is 0 Å². The minimum atomic E-state index is -1.17. The third-order valence-corrected chi connectivity index (χ3v) is 2.71. The van der Waals surface area contributed by atoms with Crippen LogP contribution in [0.5, 0.6) is 5.75 Å². The second-order valence-electron chi connectivity index (χ2n) is 3.43. The molecule has 0 radical (unpaired) electrons. The molecule has 17 heavy (non-hydrogen) atoms. The molecule has 94 valence electrons. The summed E-state index contributed by atoms with van der Waals surface area (Å²) in [6, 6.07) is 5.48. The van der Waals surface area contributed by atoms with Crippen molar-refractivity contribution in [2.45, 2.75) is 12.6 Å². The molecular formula is C11H15BrN2O3. The summed E-state index contributed by atoms with van der Waals surface area (Å²) < 4.78 is 6.05. The summed E-state index contributed by atoms with van der Waals surface area (Å²) in [6.45, 7) is 0.181. The highest BCUT2D eigenvalue weighted by atomic mass is 79.9. The summed E-state index contributed by atoms with van der Waals surface area (Å²) in [4.78, 5) is 11.3. The second-order valence-corrected chi connectivity index (χ2v) is 4.34. The van der Waals surface area contributed by atoms with Crippen LogP contribution in [0.1, 0.15) is 5.56 Å². The van der Waals surface area contributed by atoms with Crippen molar-refractivity contribution in [2.24, 2.45) is 5.73 Å². The van der Waals surface area contributed by atoms with Gasteiger partial charge in [-0.05, 0) is 18.2 Å². The third-order valence-electron chi connectivity index (χ3n) is 2.22. The van der Waals surface area contributed by atoms with Crippen LogP contribution < -0.4 is 15.8 Å². The van der Waals surface area contributed by atoms with Crippen LogP contribution in [0.25, 0.3) is 0 Å². The number of aliphatic hydroxyl groups excluding tert-OH is 1. The van der Waals surface area contributed by atoms with Crippen LogP contribution in [-0.2, 0) is 11.3 Å². The molecule has 1 unspecified atom stereocenters. The minimum Gasteiger partial charge on any atom is -0.496 e. The van der Waals surface area contributed by atoms with Gasteiger partial charge in [-0.2, -0.15) is 0 Å². The van der Waals surface area contributed by atoms with E-state index in [1.165, 1.54) is 0 Å². The molecule has 0 fully saturated rings. The van der Waals surface area contributed by atoms with E-state index in [1.807, 2.05) is 12.1 Å². The van der Waals surface area contributed by atoms with Crippen molar-refractivity contribution in [3.8, 4) is 5.75 Å². The van der Waals surface area contributed by atoms with E-state index in [0.29, 0.717) is 5.75 Å². The molecule has 1 aromatic carbocycles. The van der Waals surface area contributed by atoms with E-state index < -0.39 is 12.0 Å². The van der Waals surface area contributed by atoms with Gasteiger partial charge in [0, 0.05) is 23.1 Å². The Balaban J connectivity index is 2.68.